The summed E-state index contributed by atoms with van der Waals surface area (Å²) in [6.45, 7) is 10.5. The van der Waals surface area contributed by atoms with Gasteiger partial charge in [-0.1, -0.05) is 24.2 Å². The van der Waals surface area contributed by atoms with Gasteiger partial charge in [0.15, 0.2) is 0 Å². The van der Waals surface area contributed by atoms with E-state index in [0.29, 0.717) is 26.2 Å². The van der Waals surface area contributed by atoms with E-state index in [-0.39, 0.29) is 23.8 Å². The minimum Gasteiger partial charge on any atom is -0.383 e. The van der Waals surface area contributed by atoms with Gasteiger partial charge in [0.2, 0.25) is 5.91 Å². The van der Waals surface area contributed by atoms with Crippen molar-refractivity contribution in [3.8, 4) is 11.3 Å². The highest BCUT2D eigenvalue weighted by molar-refractivity contribution is 6.31. The third kappa shape index (κ3) is 4.57. The fraction of sp³-hybridized carbons (Fsp3) is 0.400. The first-order chi connectivity index (χ1) is 19.4. The maximum atomic E-state index is 12.2. The standard InChI is InChI=1S/C30H34ClN7O2/c1-5-26(39)36-10-8-22(9-11-36)38-19(3)27(28-23-16-32-33-25(23)14-18(2)29(28)31)30(35-38)20-6-7-24-21(15-20)17-37(34-24)12-13-40-4/h5-7,14-17,22-23,28,33H,1,8-13H2,2-4H3/t23?,28-/m1/s1. The van der Waals surface area contributed by atoms with Crippen LogP contribution in [0.2, 0.25) is 0 Å². The Morgan fingerprint density at radius 1 is 1.25 bits per heavy atom. The van der Waals surface area contributed by atoms with Crippen LogP contribution in [0.3, 0.4) is 0 Å². The number of hydrogen-bond donors (Lipinski definition) is 1. The number of halogens is 1. The lowest BCUT2D eigenvalue weighted by Gasteiger charge is -2.32. The fourth-order valence-corrected chi connectivity index (χ4v) is 6.51. The number of amides is 1. The molecular weight excluding hydrogens is 526 g/mol. The summed E-state index contributed by atoms with van der Waals surface area (Å²) in [7, 11) is 1.69. The zero-order valence-electron chi connectivity index (χ0n) is 23.1. The molecule has 0 radical (unpaired) electrons. The first-order valence-corrected chi connectivity index (χ1v) is 14.1. The van der Waals surface area contributed by atoms with Gasteiger partial charge < -0.3 is 9.64 Å². The Labute approximate surface area is 238 Å². The molecule has 3 aromatic rings. The van der Waals surface area contributed by atoms with E-state index >= 15 is 0 Å². The number of rotatable bonds is 7. The van der Waals surface area contributed by atoms with Crippen molar-refractivity contribution in [2.75, 3.05) is 26.8 Å². The number of hydrogen-bond acceptors (Lipinski definition) is 6. The Hall–Kier alpha value is -3.69. The Balaban J connectivity index is 1.45. The molecule has 208 valence electrons. The van der Waals surface area contributed by atoms with E-state index < -0.39 is 0 Å². The molecule has 1 N–H and O–H groups in total. The summed E-state index contributed by atoms with van der Waals surface area (Å²) < 4.78 is 9.32. The number of piperidine rings is 1. The maximum Gasteiger partial charge on any atom is 0.245 e. The van der Waals surface area contributed by atoms with E-state index in [1.54, 1.807) is 7.11 Å². The number of ether oxygens (including phenoxy) is 1. The number of carbonyl (C=O) groups excluding carboxylic acids is 1. The normalized spacial score (nSPS) is 21.1. The number of fused-ring (bicyclic) bond motifs is 2. The second kappa shape index (κ2) is 10.7. The van der Waals surface area contributed by atoms with Gasteiger partial charge in [-0.15, -0.1) is 0 Å². The van der Waals surface area contributed by atoms with E-state index in [2.05, 4.69) is 59.2 Å². The van der Waals surface area contributed by atoms with Crippen LogP contribution in [0.5, 0.6) is 0 Å². The summed E-state index contributed by atoms with van der Waals surface area (Å²) in [6.07, 6.45) is 9.15. The lowest BCUT2D eigenvalue weighted by molar-refractivity contribution is -0.127. The van der Waals surface area contributed by atoms with Gasteiger partial charge in [-0.2, -0.15) is 15.3 Å². The fourth-order valence-electron chi connectivity index (χ4n) is 6.21. The number of nitrogens with one attached hydrogen (secondary N) is 1. The predicted molar refractivity (Wildman–Crippen MR) is 157 cm³/mol. The maximum absolute atomic E-state index is 12.2. The number of methoxy groups -OCH3 is 1. The molecule has 0 spiro atoms. The number of hydrazone groups is 1. The molecule has 1 saturated heterocycles. The summed E-state index contributed by atoms with van der Waals surface area (Å²) in [5.41, 5.74) is 10.3. The molecule has 2 atom stereocenters. The van der Waals surface area contributed by atoms with E-state index in [4.69, 9.17) is 26.5 Å². The molecule has 0 bridgehead atoms. The average molecular weight is 560 g/mol. The molecule has 3 aliphatic rings. The third-order valence-corrected chi connectivity index (χ3v) is 8.86. The quantitative estimate of drug-likeness (QED) is 0.416. The molecule has 1 unspecified atom stereocenters. The van der Waals surface area contributed by atoms with Crippen LogP contribution < -0.4 is 5.43 Å². The highest BCUT2D eigenvalue weighted by Gasteiger charge is 2.39. The van der Waals surface area contributed by atoms with Crippen molar-refractivity contribution in [1.29, 1.82) is 0 Å². The molecule has 6 rings (SSSR count). The minimum absolute atomic E-state index is 0.0129. The summed E-state index contributed by atoms with van der Waals surface area (Å²) in [5.74, 6) is -0.107. The number of nitrogens with zero attached hydrogens (tertiary/aromatic N) is 6. The van der Waals surface area contributed by atoms with Crippen LogP contribution in [0.25, 0.3) is 22.2 Å². The smallest absolute Gasteiger partial charge is 0.245 e. The number of likely N-dealkylation sites (tertiary alicyclic amines) is 1. The van der Waals surface area contributed by atoms with E-state index in [1.807, 2.05) is 22.7 Å². The van der Waals surface area contributed by atoms with Crippen LogP contribution in [0, 0.1) is 12.8 Å². The number of benzene rings is 1. The van der Waals surface area contributed by atoms with Gasteiger partial charge in [-0.3, -0.25) is 19.6 Å². The van der Waals surface area contributed by atoms with E-state index in [1.165, 1.54) is 6.08 Å². The molecule has 0 saturated carbocycles. The molecule has 2 aromatic heterocycles. The van der Waals surface area contributed by atoms with Crippen LogP contribution in [0.15, 0.2) is 64.5 Å². The molecule has 9 nitrogen and oxygen atoms in total. The first-order valence-electron chi connectivity index (χ1n) is 13.7. The summed E-state index contributed by atoms with van der Waals surface area (Å²) in [4.78, 5) is 14.1. The van der Waals surface area contributed by atoms with Crippen molar-refractivity contribution >= 4 is 34.6 Å². The topological polar surface area (TPSA) is 89.6 Å². The van der Waals surface area contributed by atoms with Crippen molar-refractivity contribution < 1.29 is 9.53 Å². The Bertz CT molecular complexity index is 1570. The Morgan fingerprint density at radius 2 is 2.05 bits per heavy atom. The zero-order valence-corrected chi connectivity index (χ0v) is 23.9. The summed E-state index contributed by atoms with van der Waals surface area (Å²) in [5, 5.41) is 16.2. The lowest BCUT2D eigenvalue weighted by Crippen LogP contribution is -2.38. The number of aromatic nitrogens is 4. The van der Waals surface area contributed by atoms with Crippen molar-refractivity contribution in [3.63, 3.8) is 0 Å². The molecule has 2 aliphatic heterocycles. The highest BCUT2D eigenvalue weighted by atomic mass is 35.5. The van der Waals surface area contributed by atoms with Gasteiger partial charge in [0, 0.05) is 77.4 Å². The molecule has 1 amide bonds. The lowest BCUT2D eigenvalue weighted by atomic mass is 9.78. The summed E-state index contributed by atoms with van der Waals surface area (Å²) in [6, 6.07) is 6.50. The van der Waals surface area contributed by atoms with Crippen molar-refractivity contribution in [2.24, 2.45) is 11.0 Å². The Morgan fingerprint density at radius 3 is 2.80 bits per heavy atom. The summed E-state index contributed by atoms with van der Waals surface area (Å²) >= 11 is 7.11. The second-order valence-electron chi connectivity index (χ2n) is 10.7. The van der Waals surface area contributed by atoms with Gasteiger partial charge in [-0.25, -0.2) is 0 Å². The van der Waals surface area contributed by atoms with Crippen LogP contribution in [-0.4, -0.2) is 63.4 Å². The van der Waals surface area contributed by atoms with Gasteiger partial charge in [0.25, 0.3) is 0 Å². The van der Waals surface area contributed by atoms with Gasteiger partial charge >= 0.3 is 0 Å². The highest BCUT2D eigenvalue weighted by Crippen LogP contribution is 2.48. The third-order valence-electron chi connectivity index (χ3n) is 8.32. The molecular formula is C30H34ClN7O2. The molecule has 1 fully saturated rings. The second-order valence-corrected chi connectivity index (χ2v) is 11.1. The minimum atomic E-state index is -0.105. The van der Waals surface area contributed by atoms with Crippen LogP contribution in [0.4, 0.5) is 0 Å². The van der Waals surface area contributed by atoms with Crippen molar-refractivity contribution in [1.82, 2.24) is 29.9 Å². The van der Waals surface area contributed by atoms with E-state index in [9.17, 15) is 4.79 Å². The molecule has 4 heterocycles. The molecule has 40 heavy (non-hydrogen) atoms. The van der Waals surface area contributed by atoms with Crippen molar-refractivity contribution in [3.05, 3.63) is 70.7 Å². The monoisotopic (exact) mass is 559 g/mol. The van der Waals surface area contributed by atoms with E-state index in [0.717, 1.165) is 62.6 Å². The Kier molecular flexibility index (Phi) is 7.10. The van der Waals surface area contributed by atoms with Crippen LogP contribution in [-0.2, 0) is 16.1 Å². The van der Waals surface area contributed by atoms with Gasteiger partial charge in [-0.05, 0) is 56.5 Å². The van der Waals surface area contributed by atoms with Crippen LogP contribution >= 0.6 is 11.6 Å². The largest absolute Gasteiger partial charge is 0.383 e. The molecule has 10 heteroatoms. The van der Waals surface area contributed by atoms with Crippen molar-refractivity contribution in [2.45, 2.75) is 45.2 Å². The SMILES string of the molecule is C=CC(=O)N1CCC(n2nc(-c3ccc4nn(CCOC)cc4c3)c([C@@H]3C(Cl)=C(C)C=C4NN=CC43)c2C)CC1. The van der Waals surface area contributed by atoms with Gasteiger partial charge in [0.1, 0.15) is 0 Å². The molecule has 1 aliphatic carbocycles. The van der Waals surface area contributed by atoms with Crippen LogP contribution in [0.1, 0.15) is 43.0 Å². The first kappa shape index (κ1) is 26.5. The number of allylic oxidation sites excluding steroid dienone is 4. The van der Waals surface area contributed by atoms with Gasteiger partial charge in [0.05, 0.1) is 30.4 Å². The predicted octanol–water partition coefficient (Wildman–Crippen LogP) is 4.90. The molecule has 1 aromatic carbocycles. The number of carbonyl (C=O) groups is 1. The zero-order chi connectivity index (χ0) is 28.0. The average Bonchev–Trinajstić information content (AvgIpc) is 3.69.